The molecule has 2 aromatic rings. The molecule has 116 valence electrons. The third kappa shape index (κ3) is 3.93. The molecule has 3 rings (SSSR count). The fourth-order valence-corrected chi connectivity index (χ4v) is 4.93. The standard InChI is InChI=1S/C20H25OS/c1-17(18-11-5-2-6-12-18)21-22(19-13-7-3-8-14-19)20-15-9-4-10-16-20/h3-4,7-10,13-18H,2,5-6,11-12H2,1H3/q+1. The highest BCUT2D eigenvalue weighted by Gasteiger charge is 2.33. The van der Waals surface area contributed by atoms with Crippen molar-refractivity contribution in [2.75, 3.05) is 0 Å². The van der Waals surface area contributed by atoms with Crippen molar-refractivity contribution in [2.45, 2.75) is 54.9 Å². The topological polar surface area (TPSA) is 9.23 Å². The van der Waals surface area contributed by atoms with Gasteiger partial charge >= 0.3 is 0 Å². The Morgan fingerprint density at radius 1 is 0.818 bits per heavy atom. The van der Waals surface area contributed by atoms with Gasteiger partial charge in [-0.1, -0.05) is 55.7 Å². The first kappa shape index (κ1) is 15.6. The van der Waals surface area contributed by atoms with Gasteiger partial charge in [-0.2, -0.15) is 4.18 Å². The Labute approximate surface area is 137 Å². The molecule has 2 heteroatoms. The third-order valence-electron chi connectivity index (χ3n) is 4.48. The Morgan fingerprint density at radius 3 is 1.82 bits per heavy atom. The zero-order valence-corrected chi connectivity index (χ0v) is 14.1. The van der Waals surface area contributed by atoms with Crippen LogP contribution < -0.4 is 0 Å². The Kier molecular flexibility index (Phi) is 5.58. The van der Waals surface area contributed by atoms with E-state index in [-0.39, 0.29) is 11.2 Å². The smallest absolute Gasteiger partial charge is 0.158 e. The van der Waals surface area contributed by atoms with Gasteiger partial charge in [-0.3, -0.25) is 0 Å². The van der Waals surface area contributed by atoms with Gasteiger partial charge in [-0.25, -0.2) is 0 Å². The SMILES string of the molecule is CC(O[S+](c1ccccc1)c1ccccc1)C1CCCCC1. The summed E-state index contributed by atoms with van der Waals surface area (Å²) in [6.45, 7) is 2.27. The maximum Gasteiger partial charge on any atom is 0.223 e. The minimum atomic E-state index is -0.283. The predicted molar refractivity (Wildman–Crippen MR) is 93.9 cm³/mol. The summed E-state index contributed by atoms with van der Waals surface area (Å²) in [7, 11) is 0. The van der Waals surface area contributed by atoms with Crippen LogP contribution in [0, 0.1) is 5.92 Å². The average molecular weight is 313 g/mol. The van der Waals surface area contributed by atoms with Crippen molar-refractivity contribution in [3.05, 3.63) is 60.7 Å². The number of rotatable bonds is 5. The van der Waals surface area contributed by atoms with Gasteiger partial charge in [0.15, 0.2) is 9.79 Å². The van der Waals surface area contributed by atoms with Gasteiger partial charge in [0.1, 0.15) is 6.10 Å². The first-order chi connectivity index (χ1) is 10.8. The van der Waals surface area contributed by atoms with E-state index in [9.17, 15) is 0 Å². The molecule has 1 nitrogen and oxygen atoms in total. The van der Waals surface area contributed by atoms with E-state index in [1.54, 1.807) is 0 Å². The van der Waals surface area contributed by atoms with Gasteiger partial charge in [0.05, 0.1) is 0 Å². The Balaban J connectivity index is 1.79. The molecule has 0 N–H and O–H groups in total. The second kappa shape index (κ2) is 7.85. The lowest BCUT2D eigenvalue weighted by atomic mass is 9.86. The van der Waals surface area contributed by atoms with Crippen LogP contribution >= 0.6 is 0 Å². The molecule has 1 aliphatic rings. The van der Waals surface area contributed by atoms with Crippen LogP contribution in [0.1, 0.15) is 39.0 Å². The second-order valence-corrected chi connectivity index (χ2v) is 7.77. The van der Waals surface area contributed by atoms with Crippen LogP contribution in [-0.4, -0.2) is 6.10 Å². The summed E-state index contributed by atoms with van der Waals surface area (Å²) in [5.41, 5.74) is 0. The molecular formula is C20H25OS+. The lowest BCUT2D eigenvalue weighted by Gasteiger charge is -2.25. The third-order valence-corrected chi connectivity index (χ3v) is 6.37. The molecule has 0 heterocycles. The lowest BCUT2D eigenvalue weighted by molar-refractivity contribution is 0.141. The molecule has 0 spiro atoms. The van der Waals surface area contributed by atoms with Crippen LogP contribution in [0.2, 0.25) is 0 Å². The zero-order valence-electron chi connectivity index (χ0n) is 13.3. The van der Waals surface area contributed by atoms with E-state index >= 15 is 0 Å². The highest BCUT2D eigenvalue weighted by Crippen LogP contribution is 2.32. The van der Waals surface area contributed by atoms with Crippen LogP contribution in [0.15, 0.2) is 70.5 Å². The minimum absolute atomic E-state index is 0.283. The van der Waals surface area contributed by atoms with Gasteiger partial charge in [0, 0.05) is 0 Å². The number of hydrogen-bond donors (Lipinski definition) is 0. The molecule has 0 bridgehead atoms. The van der Waals surface area contributed by atoms with Gasteiger partial charge in [-0.05, 0) is 49.9 Å². The van der Waals surface area contributed by atoms with E-state index in [0.29, 0.717) is 6.10 Å². The van der Waals surface area contributed by atoms with Crippen LogP contribution in [0.4, 0.5) is 0 Å². The molecule has 1 fully saturated rings. The summed E-state index contributed by atoms with van der Waals surface area (Å²) >= 11 is -0.283. The molecule has 1 aliphatic carbocycles. The van der Waals surface area contributed by atoms with Crippen LogP contribution in [-0.2, 0) is 15.4 Å². The molecule has 1 saturated carbocycles. The number of hydrogen-bond acceptors (Lipinski definition) is 1. The molecule has 0 aliphatic heterocycles. The summed E-state index contributed by atoms with van der Waals surface area (Å²) in [6.07, 6.45) is 7.09. The molecule has 22 heavy (non-hydrogen) atoms. The van der Waals surface area contributed by atoms with Crippen molar-refractivity contribution < 1.29 is 4.18 Å². The monoisotopic (exact) mass is 313 g/mol. The Morgan fingerprint density at radius 2 is 1.32 bits per heavy atom. The van der Waals surface area contributed by atoms with Crippen LogP contribution in [0.3, 0.4) is 0 Å². The van der Waals surface area contributed by atoms with Crippen molar-refractivity contribution in [1.29, 1.82) is 0 Å². The van der Waals surface area contributed by atoms with Crippen molar-refractivity contribution in [2.24, 2.45) is 5.92 Å². The highest BCUT2D eigenvalue weighted by atomic mass is 32.2. The van der Waals surface area contributed by atoms with E-state index < -0.39 is 0 Å². The maximum atomic E-state index is 6.59. The predicted octanol–water partition coefficient (Wildman–Crippen LogP) is 5.62. The van der Waals surface area contributed by atoms with Gasteiger partial charge in [0.25, 0.3) is 0 Å². The summed E-state index contributed by atoms with van der Waals surface area (Å²) in [6, 6.07) is 21.3. The summed E-state index contributed by atoms with van der Waals surface area (Å²) in [4.78, 5) is 2.55. The average Bonchev–Trinajstić information content (AvgIpc) is 2.62. The maximum absolute atomic E-state index is 6.59. The van der Waals surface area contributed by atoms with E-state index in [4.69, 9.17) is 4.18 Å². The van der Waals surface area contributed by atoms with Crippen LogP contribution in [0.25, 0.3) is 0 Å². The summed E-state index contributed by atoms with van der Waals surface area (Å²) in [5, 5.41) is 0. The quantitative estimate of drug-likeness (QED) is 0.651. The first-order valence-corrected chi connectivity index (χ1v) is 9.51. The highest BCUT2D eigenvalue weighted by molar-refractivity contribution is 7.92. The Hall–Kier alpha value is -1.25. The molecular weight excluding hydrogens is 288 g/mol. The lowest BCUT2D eigenvalue weighted by Crippen LogP contribution is -2.26. The summed E-state index contributed by atoms with van der Waals surface area (Å²) in [5.74, 6) is 0.719. The van der Waals surface area contributed by atoms with E-state index in [1.165, 1.54) is 41.9 Å². The first-order valence-electron chi connectivity index (χ1n) is 8.36. The number of benzene rings is 2. The van der Waals surface area contributed by atoms with Gasteiger partial charge < -0.3 is 0 Å². The largest absolute Gasteiger partial charge is 0.223 e. The van der Waals surface area contributed by atoms with Crippen LogP contribution in [0.5, 0.6) is 0 Å². The zero-order chi connectivity index (χ0) is 15.2. The van der Waals surface area contributed by atoms with E-state index in [2.05, 4.69) is 67.6 Å². The molecule has 0 saturated heterocycles. The molecule has 0 radical (unpaired) electrons. The van der Waals surface area contributed by atoms with E-state index in [0.717, 1.165) is 5.92 Å². The fourth-order valence-electron chi connectivity index (χ4n) is 3.17. The molecule has 0 aromatic heterocycles. The normalized spacial score (nSPS) is 17.5. The fraction of sp³-hybridized carbons (Fsp3) is 0.400. The molecule has 1 unspecified atom stereocenters. The van der Waals surface area contributed by atoms with Gasteiger partial charge in [-0.15, -0.1) is 0 Å². The van der Waals surface area contributed by atoms with Crippen molar-refractivity contribution in [1.82, 2.24) is 0 Å². The van der Waals surface area contributed by atoms with Crippen molar-refractivity contribution >= 4 is 11.2 Å². The molecule has 2 aromatic carbocycles. The van der Waals surface area contributed by atoms with E-state index in [1.807, 2.05) is 0 Å². The minimum Gasteiger partial charge on any atom is -0.158 e. The Bertz CT molecular complexity index is 509. The summed E-state index contributed by atoms with van der Waals surface area (Å²) < 4.78 is 6.59. The molecule has 0 amide bonds. The van der Waals surface area contributed by atoms with Crippen molar-refractivity contribution in [3.8, 4) is 0 Å². The van der Waals surface area contributed by atoms with Gasteiger partial charge in [0.2, 0.25) is 11.2 Å². The molecule has 1 atom stereocenters. The second-order valence-electron chi connectivity index (χ2n) is 6.09. The van der Waals surface area contributed by atoms with Crippen molar-refractivity contribution in [3.63, 3.8) is 0 Å².